The van der Waals surface area contributed by atoms with Crippen molar-refractivity contribution in [2.75, 3.05) is 17.2 Å². The van der Waals surface area contributed by atoms with Crippen LogP contribution in [0.3, 0.4) is 0 Å². The first-order chi connectivity index (χ1) is 9.16. The quantitative estimate of drug-likeness (QED) is 0.849. The number of nitrogens with two attached hydrogens (primary N) is 1. The normalized spacial score (nSPS) is 13.7. The molecule has 0 spiro atoms. The van der Waals surface area contributed by atoms with E-state index in [1.54, 1.807) is 6.07 Å². The molecular formula is C15H14ClFN2. The Labute approximate surface area is 116 Å². The Balaban J connectivity index is 1.91. The van der Waals surface area contributed by atoms with Crippen molar-refractivity contribution in [3.8, 4) is 0 Å². The zero-order valence-electron chi connectivity index (χ0n) is 10.4. The van der Waals surface area contributed by atoms with Gasteiger partial charge in [0.1, 0.15) is 5.82 Å². The Hall–Kier alpha value is -1.74. The summed E-state index contributed by atoms with van der Waals surface area (Å²) in [5.41, 5.74) is 9.90. The fraction of sp³-hybridized carbons (Fsp3) is 0.200. The Bertz CT molecular complexity index is 628. The molecule has 2 aromatic rings. The first-order valence-corrected chi connectivity index (χ1v) is 6.60. The molecule has 0 amide bonds. The van der Waals surface area contributed by atoms with Gasteiger partial charge in [-0.25, -0.2) is 4.39 Å². The van der Waals surface area contributed by atoms with Gasteiger partial charge < -0.3 is 10.6 Å². The lowest BCUT2D eigenvalue weighted by Crippen LogP contribution is -2.20. The van der Waals surface area contributed by atoms with Crippen LogP contribution in [-0.2, 0) is 13.0 Å². The van der Waals surface area contributed by atoms with Crippen molar-refractivity contribution in [1.29, 1.82) is 0 Å². The highest BCUT2D eigenvalue weighted by molar-refractivity contribution is 6.31. The Morgan fingerprint density at radius 2 is 2.00 bits per heavy atom. The Morgan fingerprint density at radius 3 is 2.84 bits per heavy atom. The molecule has 0 atom stereocenters. The van der Waals surface area contributed by atoms with Crippen molar-refractivity contribution in [2.45, 2.75) is 13.0 Å². The number of nitrogens with zero attached hydrogens (tertiary/aromatic N) is 1. The molecule has 0 bridgehead atoms. The fourth-order valence-corrected chi connectivity index (χ4v) is 2.75. The van der Waals surface area contributed by atoms with Crippen LogP contribution in [0.15, 0.2) is 36.4 Å². The highest BCUT2D eigenvalue weighted by Gasteiger charge is 2.21. The summed E-state index contributed by atoms with van der Waals surface area (Å²) < 4.78 is 13.4. The van der Waals surface area contributed by atoms with Crippen molar-refractivity contribution >= 4 is 23.0 Å². The van der Waals surface area contributed by atoms with Gasteiger partial charge in [-0.05, 0) is 30.2 Å². The summed E-state index contributed by atoms with van der Waals surface area (Å²) in [6, 6.07) is 10.8. The summed E-state index contributed by atoms with van der Waals surface area (Å²) >= 11 is 6.00. The van der Waals surface area contributed by atoms with Crippen molar-refractivity contribution in [2.24, 2.45) is 0 Å². The summed E-state index contributed by atoms with van der Waals surface area (Å²) in [5, 5.41) is 0.208. The van der Waals surface area contributed by atoms with E-state index in [1.807, 2.05) is 24.3 Å². The largest absolute Gasteiger partial charge is 0.398 e. The van der Waals surface area contributed by atoms with E-state index in [1.165, 1.54) is 11.6 Å². The monoisotopic (exact) mass is 276 g/mol. The first kappa shape index (κ1) is 12.3. The molecule has 1 aliphatic rings. The standard InChI is InChI=1S/C15H14ClFN2/c16-15-10(3-1-4-12(15)17)9-19-8-7-11-13(18)5-2-6-14(11)19/h1-6H,7-9,18H2. The fourth-order valence-electron chi connectivity index (χ4n) is 2.57. The molecule has 2 N–H and O–H groups in total. The number of anilines is 2. The van der Waals surface area contributed by atoms with Crippen LogP contribution in [0.4, 0.5) is 15.8 Å². The Kier molecular flexibility index (Phi) is 3.07. The van der Waals surface area contributed by atoms with Crippen LogP contribution in [0, 0.1) is 5.82 Å². The van der Waals surface area contributed by atoms with Gasteiger partial charge in [-0.3, -0.25) is 0 Å². The molecule has 19 heavy (non-hydrogen) atoms. The molecule has 98 valence electrons. The second-order valence-electron chi connectivity index (χ2n) is 4.73. The van der Waals surface area contributed by atoms with E-state index in [-0.39, 0.29) is 10.8 Å². The Morgan fingerprint density at radius 1 is 1.21 bits per heavy atom. The van der Waals surface area contributed by atoms with Gasteiger partial charge in [0.2, 0.25) is 0 Å². The summed E-state index contributed by atoms with van der Waals surface area (Å²) in [4.78, 5) is 2.19. The van der Waals surface area contributed by atoms with Gasteiger partial charge in [-0.1, -0.05) is 29.8 Å². The molecule has 0 saturated heterocycles. The van der Waals surface area contributed by atoms with Gasteiger partial charge in [0.25, 0.3) is 0 Å². The summed E-state index contributed by atoms with van der Waals surface area (Å²) in [5.74, 6) is -0.369. The minimum atomic E-state index is -0.369. The molecule has 2 aromatic carbocycles. The zero-order chi connectivity index (χ0) is 13.4. The molecular weight excluding hydrogens is 263 g/mol. The molecule has 1 aliphatic heterocycles. The number of nitrogen functional groups attached to an aromatic ring is 1. The number of fused-ring (bicyclic) bond motifs is 1. The second-order valence-corrected chi connectivity index (χ2v) is 5.11. The van der Waals surface area contributed by atoms with Gasteiger partial charge in [0.05, 0.1) is 5.02 Å². The maximum Gasteiger partial charge on any atom is 0.142 e. The maximum absolute atomic E-state index is 13.4. The number of halogens is 2. The van der Waals surface area contributed by atoms with E-state index in [2.05, 4.69) is 4.90 Å². The van der Waals surface area contributed by atoms with Crippen LogP contribution in [-0.4, -0.2) is 6.54 Å². The molecule has 0 unspecified atom stereocenters. The highest BCUT2D eigenvalue weighted by atomic mass is 35.5. The highest BCUT2D eigenvalue weighted by Crippen LogP contribution is 2.34. The lowest BCUT2D eigenvalue weighted by Gasteiger charge is -2.20. The average molecular weight is 277 g/mol. The third-order valence-corrected chi connectivity index (χ3v) is 3.98. The topological polar surface area (TPSA) is 29.3 Å². The summed E-state index contributed by atoms with van der Waals surface area (Å²) in [6.45, 7) is 1.49. The first-order valence-electron chi connectivity index (χ1n) is 6.22. The van der Waals surface area contributed by atoms with Crippen molar-refractivity contribution < 1.29 is 4.39 Å². The maximum atomic E-state index is 13.4. The number of hydrogen-bond donors (Lipinski definition) is 1. The van der Waals surface area contributed by atoms with E-state index in [9.17, 15) is 4.39 Å². The lowest BCUT2D eigenvalue weighted by molar-refractivity contribution is 0.625. The van der Waals surface area contributed by atoms with Crippen molar-refractivity contribution in [3.05, 3.63) is 58.4 Å². The third-order valence-electron chi connectivity index (χ3n) is 3.55. The van der Waals surface area contributed by atoms with E-state index >= 15 is 0 Å². The minimum absolute atomic E-state index is 0.208. The van der Waals surface area contributed by atoms with E-state index in [0.717, 1.165) is 29.9 Å². The van der Waals surface area contributed by atoms with Gasteiger partial charge in [-0.2, -0.15) is 0 Å². The van der Waals surface area contributed by atoms with Crippen LogP contribution in [0.25, 0.3) is 0 Å². The molecule has 0 fully saturated rings. The predicted molar refractivity (Wildman–Crippen MR) is 77.0 cm³/mol. The number of rotatable bonds is 2. The molecule has 1 heterocycles. The van der Waals surface area contributed by atoms with Crippen LogP contribution in [0.5, 0.6) is 0 Å². The van der Waals surface area contributed by atoms with Gasteiger partial charge >= 0.3 is 0 Å². The smallest absolute Gasteiger partial charge is 0.142 e. The number of benzene rings is 2. The molecule has 0 radical (unpaired) electrons. The van der Waals surface area contributed by atoms with Gasteiger partial charge in [-0.15, -0.1) is 0 Å². The van der Waals surface area contributed by atoms with E-state index in [0.29, 0.717) is 6.54 Å². The molecule has 0 saturated carbocycles. The second kappa shape index (κ2) is 4.74. The average Bonchev–Trinajstić information content (AvgIpc) is 2.80. The molecule has 2 nitrogen and oxygen atoms in total. The lowest BCUT2D eigenvalue weighted by atomic mass is 10.1. The van der Waals surface area contributed by atoms with E-state index in [4.69, 9.17) is 17.3 Å². The third kappa shape index (κ3) is 2.15. The minimum Gasteiger partial charge on any atom is -0.398 e. The van der Waals surface area contributed by atoms with Crippen LogP contribution >= 0.6 is 11.6 Å². The molecule has 0 aromatic heterocycles. The van der Waals surface area contributed by atoms with Crippen molar-refractivity contribution in [1.82, 2.24) is 0 Å². The zero-order valence-corrected chi connectivity index (χ0v) is 11.1. The van der Waals surface area contributed by atoms with E-state index < -0.39 is 0 Å². The van der Waals surface area contributed by atoms with Crippen LogP contribution in [0.2, 0.25) is 5.02 Å². The SMILES string of the molecule is Nc1cccc2c1CCN2Cc1cccc(F)c1Cl. The molecule has 4 heteroatoms. The predicted octanol–water partition coefficient (Wildman–Crippen LogP) is 3.62. The van der Waals surface area contributed by atoms with Crippen LogP contribution < -0.4 is 10.6 Å². The van der Waals surface area contributed by atoms with Crippen molar-refractivity contribution in [3.63, 3.8) is 0 Å². The summed E-state index contributed by atoms with van der Waals surface area (Å²) in [6.07, 6.45) is 0.926. The van der Waals surface area contributed by atoms with Gasteiger partial charge in [0, 0.05) is 30.0 Å². The van der Waals surface area contributed by atoms with Crippen LogP contribution in [0.1, 0.15) is 11.1 Å². The van der Waals surface area contributed by atoms with Gasteiger partial charge in [0.15, 0.2) is 0 Å². The molecule has 0 aliphatic carbocycles. The summed E-state index contributed by atoms with van der Waals surface area (Å²) in [7, 11) is 0. The molecule has 3 rings (SSSR count). The number of hydrogen-bond acceptors (Lipinski definition) is 2.